The number of aliphatic imine (C=N–C) groups is 1. The fourth-order valence-electron chi connectivity index (χ4n) is 2.81. The van der Waals surface area contributed by atoms with Crippen molar-refractivity contribution in [2.45, 2.75) is 44.9 Å². The lowest BCUT2D eigenvalue weighted by Gasteiger charge is -2.16. The van der Waals surface area contributed by atoms with Crippen LogP contribution in [0.1, 0.15) is 36.8 Å². The molecule has 0 radical (unpaired) electrons. The molecule has 0 spiro atoms. The highest BCUT2D eigenvalue weighted by molar-refractivity contribution is 7.07. The number of nitrogens with one attached hydrogen (secondary N) is 2. The molecule has 0 unspecified atom stereocenters. The highest BCUT2D eigenvalue weighted by atomic mass is 32.1. The molecule has 0 bridgehead atoms. The van der Waals surface area contributed by atoms with E-state index in [0.29, 0.717) is 12.6 Å². The number of hydrogen-bond donors (Lipinski definition) is 2. The molecule has 6 heteroatoms. The van der Waals surface area contributed by atoms with E-state index >= 15 is 0 Å². The molecule has 1 aliphatic rings. The maximum absolute atomic E-state index is 6.08. The van der Waals surface area contributed by atoms with Gasteiger partial charge in [-0.15, -0.1) is 0 Å². The van der Waals surface area contributed by atoms with Crippen molar-refractivity contribution in [3.8, 4) is 5.88 Å². The first kappa shape index (κ1) is 16.8. The van der Waals surface area contributed by atoms with Crippen LogP contribution in [0.4, 0.5) is 0 Å². The molecule has 1 saturated carbocycles. The predicted octanol–water partition coefficient (Wildman–Crippen LogP) is 3.33. The average molecular weight is 344 g/mol. The van der Waals surface area contributed by atoms with Crippen LogP contribution in [-0.4, -0.2) is 24.1 Å². The fraction of sp³-hybridized carbons (Fsp3) is 0.444. The van der Waals surface area contributed by atoms with Crippen LogP contribution in [0.3, 0.4) is 0 Å². The minimum atomic E-state index is 0.315. The molecular formula is C18H24N4OS. The van der Waals surface area contributed by atoms with Crippen molar-refractivity contribution in [1.82, 2.24) is 15.6 Å². The number of pyridine rings is 1. The lowest BCUT2D eigenvalue weighted by atomic mass is 10.2. The van der Waals surface area contributed by atoms with Crippen LogP contribution in [0, 0.1) is 0 Å². The second-order valence-electron chi connectivity index (χ2n) is 5.90. The third kappa shape index (κ3) is 4.71. The molecule has 3 rings (SSSR count). The molecule has 2 N–H and O–H groups in total. The third-order valence-electron chi connectivity index (χ3n) is 4.14. The van der Waals surface area contributed by atoms with Crippen LogP contribution in [0.15, 0.2) is 40.1 Å². The van der Waals surface area contributed by atoms with Crippen LogP contribution in [0.25, 0.3) is 0 Å². The lowest BCUT2D eigenvalue weighted by Crippen LogP contribution is -2.36. The second-order valence-corrected chi connectivity index (χ2v) is 6.68. The summed E-state index contributed by atoms with van der Waals surface area (Å²) in [6.07, 6.45) is 6.88. The summed E-state index contributed by atoms with van der Waals surface area (Å²) in [4.78, 5) is 8.68. The molecule has 0 aliphatic heterocycles. The quantitative estimate of drug-likeness (QED) is 0.623. The van der Waals surface area contributed by atoms with E-state index in [2.05, 4.69) is 43.5 Å². The molecule has 24 heavy (non-hydrogen) atoms. The van der Waals surface area contributed by atoms with E-state index in [1.54, 1.807) is 24.6 Å². The van der Waals surface area contributed by atoms with Crippen molar-refractivity contribution in [1.29, 1.82) is 0 Å². The summed E-state index contributed by atoms with van der Waals surface area (Å²) in [7, 11) is 1.78. The van der Waals surface area contributed by atoms with Gasteiger partial charge in [0.2, 0.25) is 5.88 Å². The average Bonchev–Trinajstić information content (AvgIpc) is 3.30. The van der Waals surface area contributed by atoms with Crippen LogP contribution < -0.4 is 15.4 Å². The molecule has 1 aliphatic carbocycles. The Balaban J connectivity index is 1.54. The van der Waals surface area contributed by atoms with Crippen LogP contribution >= 0.6 is 11.3 Å². The molecule has 1 fully saturated rings. The monoisotopic (exact) mass is 344 g/mol. The van der Waals surface area contributed by atoms with Gasteiger partial charge in [-0.1, -0.05) is 6.07 Å². The normalized spacial score (nSPS) is 15.5. The zero-order valence-electron chi connectivity index (χ0n) is 14.0. The number of rotatable bonds is 6. The largest absolute Gasteiger partial charge is 0.474 e. The molecule has 2 heterocycles. The summed E-state index contributed by atoms with van der Waals surface area (Å²) >= 11 is 1.70. The summed E-state index contributed by atoms with van der Waals surface area (Å²) in [5.74, 6) is 1.52. The minimum absolute atomic E-state index is 0.315. The van der Waals surface area contributed by atoms with Crippen molar-refractivity contribution in [2.75, 3.05) is 7.05 Å². The summed E-state index contributed by atoms with van der Waals surface area (Å²) in [6.45, 7) is 1.40. The van der Waals surface area contributed by atoms with Gasteiger partial charge in [0.05, 0.1) is 0 Å². The first-order valence-electron chi connectivity index (χ1n) is 8.41. The van der Waals surface area contributed by atoms with E-state index in [0.717, 1.165) is 36.8 Å². The Morgan fingerprint density at radius 2 is 2.12 bits per heavy atom. The Bertz CT molecular complexity index is 651. The SMILES string of the molecule is CN=C(NCc1ccsc1)NCc1cccnc1OC1CCCC1. The summed E-state index contributed by atoms with van der Waals surface area (Å²) in [5.41, 5.74) is 2.32. The Kier molecular flexibility index (Phi) is 6.07. The van der Waals surface area contributed by atoms with Crippen molar-refractivity contribution < 1.29 is 4.74 Å². The van der Waals surface area contributed by atoms with Gasteiger partial charge in [0.1, 0.15) is 6.10 Å². The van der Waals surface area contributed by atoms with Crippen molar-refractivity contribution in [3.63, 3.8) is 0 Å². The molecule has 5 nitrogen and oxygen atoms in total. The van der Waals surface area contributed by atoms with Gasteiger partial charge >= 0.3 is 0 Å². The van der Waals surface area contributed by atoms with E-state index in [1.165, 1.54) is 18.4 Å². The van der Waals surface area contributed by atoms with Crippen molar-refractivity contribution in [3.05, 3.63) is 46.3 Å². The molecule has 2 aromatic rings. The smallest absolute Gasteiger partial charge is 0.218 e. The standard InChI is InChI=1S/C18H24N4OS/c1-19-18(21-11-14-8-10-24-13-14)22-12-15-5-4-9-20-17(15)23-16-6-2-3-7-16/h4-5,8-10,13,16H,2-3,6-7,11-12H2,1H3,(H2,19,21,22). The number of aromatic nitrogens is 1. The first-order valence-corrected chi connectivity index (χ1v) is 9.35. The van der Waals surface area contributed by atoms with Gasteiger partial charge in [-0.25, -0.2) is 4.98 Å². The van der Waals surface area contributed by atoms with E-state index in [9.17, 15) is 0 Å². The number of nitrogens with zero attached hydrogens (tertiary/aromatic N) is 2. The van der Waals surface area contributed by atoms with Crippen molar-refractivity contribution in [2.24, 2.45) is 4.99 Å². The molecule has 0 aromatic carbocycles. The van der Waals surface area contributed by atoms with Crippen molar-refractivity contribution >= 4 is 17.3 Å². The zero-order chi connectivity index (χ0) is 16.6. The van der Waals surface area contributed by atoms with Gasteiger partial charge in [0, 0.05) is 31.9 Å². The van der Waals surface area contributed by atoms with E-state index in [-0.39, 0.29) is 0 Å². The number of ether oxygens (including phenoxy) is 1. The van der Waals surface area contributed by atoms with Gasteiger partial charge in [-0.05, 0) is 54.1 Å². The van der Waals surface area contributed by atoms with Crippen LogP contribution in [0.5, 0.6) is 5.88 Å². The Labute approximate surface area is 147 Å². The Morgan fingerprint density at radius 1 is 1.29 bits per heavy atom. The second kappa shape index (κ2) is 8.68. The molecule has 0 atom stereocenters. The molecular weight excluding hydrogens is 320 g/mol. The van der Waals surface area contributed by atoms with Gasteiger partial charge in [-0.2, -0.15) is 11.3 Å². The number of hydrogen-bond acceptors (Lipinski definition) is 4. The zero-order valence-corrected chi connectivity index (χ0v) is 14.8. The number of guanidine groups is 1. The first-order chi connectivity index (χ1) is 11.8. The van der Waals surface area contributed by atoms with Gasteiger partial charge in [0.15, 0.2) is 5.96 Å². The minimum Gasteiger partial charge on any atom is -0.474 e. The van der Waals surface area contributed by atoms with E-state index < -0.39 is 0 Å². The Hall–Kier alpha value is -2.08. The van der Waals surface area contributed by atoms with Crippen LogP contribution in [0.2, 0.25) is 0 Å². The highest BCUT2D eigenvalue weighted by Crippen LogP contribution is 2.24. The van der Waals surface area contributed by atoms with Crippen LogP contribution in [-0.2, 0) is 13.1 Å². The molecule has 0 amide bonds. The maximum atomic E-state index is 6.08. The topological polar surface area (TPSA) is 58.5 Å². The fourth-order valence-corrected chi connectivity index (χ4v) is 3.48. The maximum Gasteiger partial charge on any atom is 0.218 e. The molecule has 0 saturated heterocycles. The van der Waals surface area contributed by atoms with Gasteiger partial charge in [-0.3, -0.25) is 4.99 Å². The summed E-state index contributed by atoms with van der Waals surface area (Å²) in [5, 5.41) is 10.9. The third-order valence-corrected chi connectivity index (χ3v) is 4.87. The summed E-state index contributed by atoms with van der Waals surface area (Å²) < 4.78 is 6.08. The Morgan fingerprint density at radius 3 is 2.88 bits per heavy atom. The van der Waals surface area contributed by atoms with E-state index in [1.807, 2.05) is 6.07 Å². The van der Waals surface area contributed by atoms with E-state index in [4.69, 9.17) is 4.74 Å². The lowest BCUT2D eigenvalue weighted by molar-refractivity contribution is 0.199. The predicted molar refractivity (Wildman–Crippen MR) is 98.5 cm³/mol. The van der Waals surface area contributed by atoms with Gasteiger partial charge in [0.25, 0.3) is 0 Å². The molecule has 128 valence electrons. The molecule has 2 aromatic heterocycles. The number of thiophene rings is 1. The summed E-state index contributed by atoms with van der Waals surface area (Å²) in [6, 6.07) is 6.11. The van der Waals surface area contributed by atoms with Gasteiger partial charge < -0.3 is 15.4 Å². The highest BCUT2D eigenvalue weighted by Gasteiger charge is 2.18.